The van der Waals surface area contributed by atoms with Crippen LogP contribution in [0.4, 0.5) is 0 Å². The second-order valence-corrected chi connectivity index (χ2v) is 3.50. The number of carbonyl (C=O) groups is 1. The van der Waals surface area contributed by atoms with Crippen LogP contribution in [0.25, 0.3) is 0 Å². The van der Waals surface area contributed by atoms with Crippen LogP contribution in [0, 0.1) is 0 Å². The minimum atomic E-state index is -1.17. The molecule has 1 unspecified atom stereocenters. The zero-order chi connectivity index (χ0) is 9.19. The number of carboxylic acid groups (broad SMARTS) is 1. The molecular weight excluding hydrogens is 176 g/mol. The molecule has 1 aromatic rings. The van der Waals surface area contributed by atoms with Crippen molar-refractivity contribution in [3.05, 3.63) is 22.4 Å². The molecule has 0 bridgehead atoms. The summed E-state index contributed by atoms with van der Waals surface area (Å²) in [5.74, 6) is 4.20. The number of hydrazine groups is 1. The van der Waals surface area contributed by atoms with Crippen molar-refractivity contribution in [1.29, 1.82) is 0 Å². The van der Waals surface area contributed by atoms with Crippen molar-refractivity contribution in [3.63, 3.8) is 0 Å². The van der Waals surface area contributed by atoms with Gasteiger partial charge in [-0.1, -0.05) is 6.07 Å². The van der Waals surface area contributed by atoms with Crippen LogP contribution in [0.1, 0.15) is 11.8 Å². The molecule has 1 rings (SSSR count). The summed E-state index contributed by atoms with van der Waals surface area (Å²) in [5.41, 5.74) is 1.12. The molecule has 66 valence electrons. The second-order valence-electron chi connectivity index (χ2n) is 2.55. The fraction of sp³-hybridized carbons (Fsp3) is 0.286. The molecular formula is C7H10N2O2S. The molecule has 5 heteroatoms. The molecule has 4 nitrogen and oxygen atoms in total. The van der Waals surface area contributed by atoms with Crippen LogP contribution in [0.2, 0.25) is 0 Å². The molecule has 1 heterocycles. The Labute approximate surface area is 74.0 Å². The molecule has 0 fully saturated rings. The van der Waals surface area contributed by atoms with Crippen molar-refractivity contribution in [1.82, 2.24) is 5.43 Å². The molecule has 0 amide bonds. The monoisotopic (exact) mass is 186 g/mol. The van der Waals surface area contributed by atoms with Gasteiger partial charge < -0.3 is 5.11 Å². The lowest BCUT2D eigenvalue weighted by Crippen LogP contribution is -2.49. The molecule has 0 radical (unpaired) electrons. The maximum atomic E-state index is 10.8. The van der Waals surface area contributed by atoms with E-state index in [2.05, 4.69) is 5.43 Å². The van der Waals surface area contributed by atoms with Crippen LogP contribution in [0.5, 0.6) is 0 Å². The number of rotatable bonds is 3. The summed E-state index contributed by atoms with van der Waals surface area (Å²) in [6.07, 6.45) is 0. The van der Waals surface area contributed by atoms with Gasteiger partial charge in [-0.2, -0.15) is 0 Å². The molecule has 0 aliphatic rings. The normalized spacial score (nSPS) is 15.5. The van der Waals surface area contributed by atoms with Gasteiger partial charge in [-0.3, -0.25) is 5.84 Å². The Morgan fingerprint density at radius 3 is 2.83 bits per heavy atom. The highest BCUT2D eigenvalue weighted by Crippen LogP contribution is 2.24. The van der Waals surface area contributed by atoms with Crippen LogP contribution >= 0.6 is 11.3 Å². The maximum absolute atomic E-state index is 10.8. The van der Waals surface area contributed by atoms with E-state index in [0.717, 1.165) is 0 Å². The van der Waals surface area contributed by atoms with Crippen LogP contribution in [-0.4, -0.2) is 11.1 Å². The lowest BCUT2D eigenvalue weighted by Gasteiger charge is -2.21. The predicted molar refractivity (Wildman–Crippen MR) is 46.6 cm³/mol. The maximum Gasteiger partial charge on any atom is 0.330 e. The Kier molecular flexibility index (Phi) is 2.46. The third-order valence-electron chi connectivity index (χ3n) is 1.73. The summed E-state index contributed by atoms with van der Waals surface area (Å²) in [6.45, 7) is 1.53. The lowest BCUT2D eigenvalue weighted by molar-refractivity contribution is -0.144. The van der Waals surface area contributed by atoms with Crippen LogP contribution in [-0.2, 0) is 10.3 Å². The second kappa shape index (κ2) is 3.22. The third-order valence-corrected chi connectivity index (χ3v) is 2.82. The summed E-state index contributed by atoms with van der Waals surface area (Å²) < 4.78 is 0. The first-order valence-electron chi connectivity index (χ1n) is 3.36. The number of thiophene rings is 1. The van der Waals surface area contributed by atoms with Crippen molar-refractivity contribution in [2.45, 2.75) is 12.5 Å². The first kappa shape index (κ1) is 9.18. The Balaban J connectivity index is 3.04. The van der Waals surface area contributed by atoms with Gasteiger partial charge in [0.25, 0.3) is 0 Å². The summed E-state index contributed by atoms with van der Waals surface area (Å²) in [5, 5.41) is 10.7. The van der Waals surface area contributed by atoms with Crippen molar-refractivity contribution >= 4 is 17.3 Å². The van der Waals surface area contributed by atoms with Gasteiger partial charge in [0.05, 0.1) is 0 Å². The first-order chi connectivity index (χ1) is 5.61. The molecule has 1 atom stereocenters. The smallest absolute Gasteiger partial charge is 0.330 e. The Hall–Kier alpha value is -0.910. The molecule has 0 saturated heterocycles. The highest BCUT2D eigenvalue weighted by Gasteiger charge is 2.34. The molecule has 0 spiro atoms. The molecule has 12 heavy (non-hydrogen) atoms. The van der Waals surface area contributed by atoms with Crippen LogP contribution < -0.4 is 11.3 Å². The van der Waals surface area contributed by atoms with E-state index < -0.39 is 11.5 Å². The fourth-order valence-electron chi connectivity index (χ4n) is 0.801. The lowest BCUT2D eigenvalue weighted by atomic mass is 10.0. The van der Waals surface area contributed by atoms with Crippen molar-refractivity contribution in [2.75, 3.05) is 0 Å². The minimum Gasteiger partial charge on any atom is -0.480 e. The van der Waals surface area contributed by atoms with Crippen LogP contribution in [0.15, 0.2) is 17.5 Å². The molecule has 1 aromatic heterocycles. The number of nitrogens with two attached hydrogens (primary N) is 1. The van der Waals surface area contributed by atoms with E-state index in [4.69, 9.17) is 10.9 Å². The quantitative estimate of drug-likeness (QED) is 0.475. The van der Waals surface area contributed by atoms with E-state index in [9.17, 15) is 4.79 Å². The summed E-state index contributed by atoms with van der Waals surface area (Å²) in [4.78, 5) is 11.5. The first-order valence-corrected chi connectivity index (χ1v) is 4.24. The highest BCUT2D eigenvalue weighted by molar-refractivity contribution is 7.10. The molecule has 0 aliphatic carbocycles. The van der Waals surface area contributed by atoms with E-state index in [1.807, 2.05) is 5.38 Å². The van der Waals surface area contributed by atoms with Gasteiger partial charge in [-0.25, -0.2) is 10.2 Å². The van der Waals surface area contributed by atoms with Crippen LogP contribution in [0.3, 0.4) is 0 Å². The molecule has 0 saturated carbocycles. The van der Waals surface area contributed by atoms with Crippen molar-refractivity contribution in [3.8, 4) is 0 Å². The van der Waals surface area contributed by atoms with Gasteiger partial charge in [-0.05, 0) is 18.4 Å². The molecule has 0 aliphatic heterocycles. The summed E-state index contributed by atoms with van der Waals surface area (Å²) in [6, 6.07) is 3.52. The number of carboxylic acids is 1. The van der Waals surface area contributed by atoms with Gasteiger partial charge >= 0.3 is 5.97 Å². The van der Waals surface area contributed by atoms with E-state index in [1.54, 1.807) is 12.1 Å². The Bertz CT molecular complexity index is 273. The van der Waals surface area contributed by atoms with Gasteiger partial charge in [0, 0.05) is 4.88 Å². The zero-order valence-electron chi connectivity index (χ0n) is 6.57. The van der Waals surface area contributed by atoms with E-state index in [1.165, 1.54) is 18.3 Å². The van der Waals surface area contributed by atoms with Crippen molar-refractivity contribution < 1.29 is 9.90 Å². The highest BCUT2D eigenvalue weighted by atomic mass is 32.1. The predicted octanol–water partition coefficient (Wildman–Crippen LogP) is 0.511. The van der Waals surface area contributed by atoms with Gasteiger partial charge in [0.1, 0.15) is 0 Å². The zero-order valence-corrected chi connectivity index (χ0v) is 7.39. The molecule has 0 aromatic carbocycles. The SMILES string of the molecule is CC(NN)(C(=O)O)c1cccs1. The van der Waals surface area contributed by atoms with E-state index in [0.29, 0.717) is 4.88 Å². The van der Waals surface area contributed by atoms with E-state index in [-0.39, 0.29) is 0 Å². The topological polar surface area (TPSA) is 75.3 Å². The average Bonchev–Trinajstić information content (AvgIpc) is 2.54. The minimum absolute atomic E-state index is 0.692. The van der Waals surface area contributed by atoms with Gasteiger partial charge in [0.2, 0.25) is 0 Å². The molecule has 4 N–H and O–H groups in total. The average molecular weight is 186 g/mol. The van der Waals surface area contributed by atoms with Crippen molar-refractivity contribution in [2.24, 2.45) is 5.84 Å². The standard InChI is InChI=1S/C7H10N2O2S/c1-7(9-8,6(10)11)5-3-2-4-12-5/h2-4,9H,8H2,1H3,(H,10,11). The number of hydrogen-bond acceptors (Lipinski definition) is 4. The largest absolute Gasteiger partial charge is 0.480 e. The number of nitrogens with one attached hydrogen (secondary N) is 1. The number of aliphatic carboxylic acids is 1. The Morgan fingerprint density at radius 1 is 1.83 bits per heavy atom. The van der Waals surface area contributed by atoms with Gasteiger partial charge in [-0.15, -0.1) is 11.3 Å². The number of hydrogen-bond donors (Lipinski definition) is 3. The van der Waals surface area contributed by atoms with Gasteiger partial charge in [0.15, 0.2) is 5.54 Å². The third kappa shape index (κ3) is 1.34. The fourth-order valence-corrected chi connectivity index (χ4v) is 1.64. The van der Waals surface area contributed by atoms with E-state index >= 15 is 0 Å². The Morgan fingerprint density at radius 2 is 2.50 bits per heavy atom. The summed E-state index contributed by atoms with van der Waals surface area (Å²) >= 11 is 1.36. The summed E-state index contributed by atoms with van der Waals surface area (Å²) in [7, 11) is 0.